The number of methoxy groups -OCH3 is 2. The van der Waals surface area contributed by atoms with Gasteiger partial charge in [0.1, 0.15) is 5.75 Å². The molecule has 17 heavy (non-hydrogen) atoms. The minimum Gasteiger partial charge on any atom is -0.497 e. The van der Waals surface area contributed by atoms with Crippen molar-refractivity contribution in [1.29, 1.82) is 0 Å². The van der Waals surface area contributed by atoms with Gasteiger partial charge >= 0.3 is 5.97 Å². The average Bonchev–Trinajstić information content (AvgIpc) is 2.38. The average molecular weight is 237 g/mol. The Morgan fingerprint density at radius 2 is 2.12 bits per heavy atom. The van der Waals surface area contributed by atoms with E-state index in [1.165, 1.54) is 7.11 Å². The Morgan fingerprint density at radius 3 is 2.65 bits per heavy atom. The lowest BCUT2D eigenvalue weighted by Crippen LogP contribution is -2.34. The first-order valence-electron chi connectivity index (χ1n) is 5.47. The molecule has 0 radical (unpaired) electrons. The standard InChI is InChI=1S/C13H19NO3/c1-13(9-14,8-12(15)17-3)10-5-4-6-11(7-10)16-2/h4-7H,8-9,14H2,1-3H3. The number of nitrogens with two attached hydrogens (primary N) is 1. The van der Waals surface area contributed by atoms with Crippen LogP contribution in [-0.4, -0.2) is 26.7 Å². The van der Waals surface area contributed by atoms with Crippen LogP contribution in [0.25, 0.3) is 0 Å². The second-order valence-electron chi connectivity index (χ2n) is 4.25. The molecule has 4 heteroatoms. The molecule has 0 saturated heterocycles. The van der Waals surface area contributed by atoms with E-state index >= 15 is 0 Å². The fraction of sp³-hybridized carbons (Fsp3) is 0.462. The Labute approximate surface area is 102 Å². The van der Waals surface area contributed by atoms with Crippen molar-refractivity contribution in [2.45, 2.75) is 18.8 Å². The second kappa shape index (κ2) is 5.68. The highest BCUT2D eigenvalue weighted by Crippen LogP contribution is 2.29. The molecule has 1 atom stereocenters. The summed E-state index contributed by atoms with van der Waals surface area (Å²) in [5, 5.41) is 0. The van der Waals surface area contributed by atoms with Crippen LogP contribution in [0, 0.1) is 0 Å². The lowest BCUT2D eigenvalue weighted by Gasteiger charge is -2.27. The van der Waals surface area contributed by atoms with E-state index in [9.17, 15) is 4.79 Å². The highest BCUT2D eigenvalue weighted by molar-refractivity contribution is 5.71. The number of rotatable bonds is 5. The van der Waals surface area contributed by atoms with Crippen LogP contribution in [0.2, 0.25) is 0 Å². The summed E-state index contributed by atoms with van der Waals surface area (Å²) in [7, 11) is 2.99. The lowest BCUT2D eigenvalue weighted by molar-refractivity contribution is -0.141. The minimum atomic E-state index is -0.429. The van der Waals surface area contributed by atoms with Crippen LogP contribution in [0.3, 0.4) is 0 Å². The number of hydrogen-bond acceptors (Lipinski definition) is 4. The normalized spacial score (nSPS) is 13.9. The summed E-state index contributed by atoms with van der Waals surface area (Å²) < 4.78 is 9.87. The van der Waals surface area contributed by atoms with Crippen molar-refractivity contribution < 1.29 is 14.3 Å². The molecule has 0 fully saturated rings. The number of carbonyl (C=O) groups is 1. The van der Waals surface area contributed by atoms with E-state index < -0.39 is 5.41 Å². The van der Waals surface area contributed by atoms with E-state index in [1.54, 1.807) is 7.11 Å². The monoisotopic (exact) mass is 237 g/mol. The third-order valence-corrected chi connectivity index (χ3v) is 2.98. The molecule has 1 aromatic carbocycles. The van der Waals surface area contributed by atoms with Gasteiger partial charge in [0.05, 0.1) is 20.6 Å². The molecule has 0 bridgehead atoms. The molecule has 1 aromatic rings. The van der Waals surface area contributed by atoms with Crippen LogP contribution >= 0.6 is 0 Å². The Bertz CT molecular complexity index is 392. The predicted molar refractivity (Wildman–Crippen MR) is 66.0 cm³/mol. The lowest BCUT2D eigenvalue weighted by atomic mass is 9.79. The summed E-state index contributed by atoms with van der Waals surface area (Å²) in [5.74, 6) is 0.493. The molecule has 0 aliphatic rings. The zero-order valence-electron chi connectivity index (χ0n) is 10.5. The van der Waals surface area contributed by atoms with Gasteiger partial charge in [0.25, 0.3) is 0 Å². The number of ether oxygens (including phenoxy) is 2. The summed E-state index contributed by atoms with van der Waals surface area (Å²) in [6.07, 6.45) is 0.257. The second-order valence-corrected chi connectivity index (χ2v) is 4.25. The van der Waals surface area contributed by atoms with Gasteiger partial charge < -0.3 is 15.2 Å². The molecule has 4 nitrogen and oxygen atoms in total. The van der Waals surface area contributed by atoms with Crippen LogP contribution in [0.15, 0.2) is 24.3 Å². The first-order valence-corrected chi connectivity index (χ1v) is 5.47. The molecule has 0 amide bonds. The first-order chi connectivity index (χ1) is 8.05. The summed E-state index contributed by atoms with van der Waals surface area (Å²) >= 11 is 0. The summed E-state index contributed by atoms with van der Waals surface area (Å²) in [4.78, 5) is 11.4. The quantitative estimate of drug-likeness (QED) is 0.788. The number of carbonyl (C=O) groups excluding carboxylic acids is 1. The molecule has 94 valence electrons. The van der Waals surface area contributed by atoms with Gasteiger partial charge in [0, 0.05) is 12.0 Å². The van der Waals surface area contributed by atoms with Gasteiger partial charge in [0.2, 0.25) is 0 Å². The molecule has 2 N–H and O–H groups in total. The van der Waals surface area contributed by atoms with Crippen LogP contribution in [-0.2, 0) is 14.9 Å². The van der Waals surface area contributed by atoms with Crippen LogP contribution in [0.1, 0.15) is 18.9 Å². The zero-order valence-corrected chi connectivity index (χ0v) is 10.5. The topological polar surface area (TPSA) is 61.5 Å². The summed E-state index contributed by atoms with van der Waals surface area (Å²) in [5.41, 5.74) is 6.33. The molecule has 1 unspecified atom stereocenters. The van der Waals surface area contributed by atoms with Gasteiger partial charge in [-0.15, -0.1) is 0 Å². The molecule has 0 aliphatic carbocycles. The van der Waals surface area contributed by atoms with Crippen molar-refractivity contribution in [3.8, 4) is 5.75 Å². The molecule has 0 aliphatic heterocycles. The van der Waals surface area contributed by atoms with E-state index in [2.05, 4.69) is 0 Å². The van der Waals surface area contributed by atoms with Gasteiger partial charge in [-0.3, -0.25) is 4.79 Å². The Hall–Kier alpha value is -1.55. The molecule has 0 saturated carbocycles. The van der Waals surface area contributed by atoms with Gasteiger partial charge in [-0.25, -0.2) is 0 Å². The Morgan fingerprint density at radius 1 is 1.41 bits per heavy atom. The van der Waals surface area contributed by atoms with Gasteiger partial charge in [-0.1, -0.05) is 19.1 Å². The minimum absolute atomic E-state index is 0.257. The van der Waals surface area contributed by atoms with Crippen molar-refractivity contribution >= 4 is 5.97 Å². The highest BCUT2D eigenvalue weighted by Gasteiger charge is 2.29. The van der Waals surface area contributed by atoms with E-state index in [0.29, 0.717) is 6.54 Å². The largest absolute Gasteiger partial charge is 0.497 e. The maximum atomic E-state index is 11.4. The third kappa shape index (κ3) is 3.20. The summed E-state index contributed by atoms with van der Waals surface area (Å²) in [6, 6.07) is 7.59. The fourth-order valence-electron chi connectivity index (χ4n) is 1.68. The van der Waals surface area contributed by atoms with Crippen molar-refractivity contribution in [3.63, 3.8) is 0 Å². The molecular formula is C13H19NO3. The highest BCUT2D eigenvalue weighted by atomic mass is 16.5. The fourth-order valence-corrected chi connectivity index (χ4v) is 1.68. The Balaban J connectivity index is 3.02. The van der Waals surface area contributed by atoms with Crippen LogP contribution < -0.4 is 10.5 Å². The van der Waals surface area contributed by atoms with Crippen molar-refractivity contribution in [1.82, 2.24) is 0 Å². The molecule has 0 heterocycles. The van der Waals surface area contributed by atoms with Gasteiger partial charge in [-0.2, -0.15) is 0 Å². The van der Waals surface area contributed by atoms with Crippen molar-refractivity contribution in [3.05, 3.63) is 29.8 Å². The molecule has 1 rings (SSSR count). The number of benzene rings is 1. The maximum Gasteiger partial charge on any atom is 0.306 e. The number of hydrogen-bond donors (Lipinski definition) is 1. The zero-order chi connectivity index (χ0) is 12.9. The van der Waals surface area contributed by atoms with Crippen molar-refractivity contribution in [2.24, 2.45) is 5.73 Å². The third-order valence-electron chi connectivity index (χ3n) is 2.98. The number of esters is 1. The van der Waals surface area contributed by atoms with Crippen LogP contribution in [0.4, 0.5) is 0 Å². The molecule has 0 spiro atoms. The predicted octanol–water partition coefficient (Wildman–Crippen LogP) is 1.47. The van der Waals surface area contributed by atoms with Gasteiger partial charge in [-0.05, 0) is 17.7 Å². The van der Waals surface area contributed by atoms with Gasteiger partial charge in [0.15, 0.2) is 0 Å². The first kappa shape index (κ1) is 13.5. The van der Waals surface area contributed by atoms with E-state index in [-0.39, 0.29) is 12.4 Å². The Kier molecular flexibility index (Phi) is 4.52. The molecule has 0 aromatic heterocycles. The smallest absolute Gasteiger partial charge is 0.306 e. The van der Waals surface area contributed by atoms with E-state index in [1.807, 2.05) is 31.2 Å². The SMILES string of the molecule is COC(=O)CC(C)(CN)c1cccc(OC)c1. The summed E-state index contributed by atoms with van der Waals surface area (Å²) in [6.45, 7) is 2.31. The maximum absolute atomic E-state index is 11.4. The van der Waals surface area contributed by atoms with Crippen LogP contribution in [0.5, 0.6) is 5.75 Å². The molecular weight excluding hydrogens is 218 g/mol. The van der Waals surface area contributed by atoms with E-state index in [4.69, 9.17) is 15.2 Å². The van der Waals surface area contributed by atoms with E-state index in [0.717, 1.165) is 11.3 Å². The van der Waals surface area contributed by atoms with Crippen molar-refractivity contribution in [2.75, 3.05) is 20.8 Å².